The quantitative estimate of drug-likeness (QED) is 0.768. The van der Waals surface area contributed by atoms with Gasteiger partial charge in [0, 0.05) is 11.6 Å². The SMILES string of the molecule is O=C(N1CCC2(C1)OCc1ccccc12)[C@]1(c2ccc(Cl)cc2)C[C@H](F)C1. The van der Waals surface area contributed by atoms with Crippen molar-refractivity contribution in [1.82, 2.24) is 4.90 Å². The van der Waals surface area contributed by atoms with E-state index in [-0.39, 0.29) is 18.7 Å². The molecule has 1 unspecified atom stereocenters. The molecule has 0 bridgehead atoms. The molecule has 5 rings (SSSR count). The topological polar surface area (TPSA) is 29.5 Å². The number of hydrogen-bond donors (Lipinski definition) is 0. The van der Waals surface area contributed by atoms with Gasteiger partial charge in [-0.3, -0.25) is 4.79 Å². The molecular weight excluding hydrogens is 365 g/mol. The van der Waals surface area contributed by atoms with E-state index < -0.39 is 17.2 Å². The summed E-state index contributed by atoms with van der Waals surface area (Å²) in [6, 6.07) is 15.5. The molecule has 1 saturated heterocycles. The molecule has 27 heavy (non-hydrogen) atoms. The Hall–Kier alpha value is -1.91. The molecule has 5 heteroatoms. The number of hydrogen-bond acceptors (Lipinski definition) is 2. The molecule has 0 radical (unpaired) electrons. The van der Waals surface area contributed by atoms with Crippen molar-refractivity contribution in [2.45, 2.75) is 43.1 Å². The van der Waals surface area contributed by atoms with Crippen LogP contribution in [0.2, 0.25) is 5.02 Å². The zero-order valence-corrected chi connectivity index (χ0v) is 15.7. The van der Waals surface area contributed by atoms with E-state index in [1.807, 2.05) is 29.2 Å². The largest absolute Gasteiger partial charge is 0.364 e. The van der Waals surface area contributed by atoms with Gasteiger partial charge in [-0.05, 0) is 48.1 Å². The van der Waals surface area contributed by atoms with Gasteiger partial charge in [0.25, 0.3) is 0 Å². The summed E-state index contributed by atoms with van der Waals surface area (Å²) in [6.07, 6.45) is 0.346. The molecule has 2 heterocycles. The standard InChI is InChI=1S/C22H21ClFNO2/c23-17-7-5-16(6-8-17)21(11-18(24)12-21)20(26)25-10-9-22(14-25)19-4-2-1-3-15(19)13-27-22/h1-8,18H,9-14H2/t18-,21+,22?. The lowest BCUT2D eigenvalue weighted by atomic mass is 9.62. The molecule has 1 aliphatic carbocycles. The first kappa shape index (κ1) is 17.2. The second-order valence-electron chi connectivity index (χ2n) is 8.01. The molecule has 2 fully saturated rings. The maximum atomic E-state index is 13.9. The number of carbonyl (C=O) groups is 1. The molecule has 140 valence electrons. The van der Waals surface area contributed by atoms with E-state index >= 15 is 0 Å². The van der Waals surface area contributed by atoms with E-state index in [2.05, 4.69) is 12.1 Å². The van der Waals surface area contributed by atoms with Crippen molar-refractivity contribution in [3.8, 4) is 0 Å². The van der Waals surface area contributed by atoms with Crippen LogP contribution in [0.25, 0.3) is 0 Å². The highest BCUT2D eigenvalue weighted by molar-refractivity contribution is 6.30. The third-order valence-corrected chi connectivity index (χ3v) is 6.73. The fraction of sp³-hybridized carbons (Fsp3) is 0.409. The van der Waals surface area contributed by atoms with Crippen molar-refractivity contribution in [3.63, 3.8) is 0 Å². The van der Waals surface area contributed by atoms with Crippen LogP contribution in [0, 0.1) is 0 Å². The lowest BCUT2D eigenvalue weighted by Gasteiger charge is -2.45. The first-order chi connectivity index (χ1) is 13.0. The molecule has 2 aromatic rings. The van der Waals surface area contributed by atoms with Gasteiger partial charge in [-0.1, -0.05) is 48.0 Å². The van der Waals surface area contributed by atoms with E-state index in [1.165, 1.54) is 11.1 Å². The maximum absolute atomic E-state index is 13.9. The summed E-state index contributed by atoms with van der Waals surface area (Å²) in [5, 5.41) is 0.619. The van der Waals surface area contributed by atoms with Gasteiger partial charge in [0.2, 0.25) is 5.91 Å². The van der Waals surface area contributed by atoms with E-state index in [1.54, 1.807) is 12.1 Å². The first-order valence-corrected chi connectivity index (χ1v) is 9.82. The normalized spacial score (nSPS) is 31.8. The minimum Gasteiger partial charge on any atom is -0.364 e. The Balaban J connectivity index is 1.43. The fourth-order valence-corrected chi connectivity index (χ4v) is 5.11. The molecule has 1 saturated carbocycles. The summed E-state index contributed by atoms with van der Waals surface area (Å²) in [5.74, 6) is 0.0172. The van der Waals surface area contributed by atoms with Gasteiger partial charge in [0.15, 0.2) is 0 Å². The van der Waals surface area contributed by atoms with Crippen LogP contribution < -0.4 is 0 Å². The minimum atomic E-state index is -0.926. The Morgan fingerprint density at radius 1 is 1.15 bits per heavy atom. The molecule has 1 atom stereocenters. The Kier molecular flexibility index (Phi) is 3.85. The summed E-state index contributed by atoms with van der Waals surface area (Å²) in [4.78, 5) is 15.4. The Morgan fingerprint density at radius 2 is 1.89 bits per heavy atom. The van der Waals surface area contributed by atoms with Crippen molar-refractivity contribution >= 4 is 17.5 Å². The van der Waals surface area contributed by atoms with Gasteiger partial charge in [-0.2, -0.15) is 0 Å². The van der Waals surface area contributed by atoms with Crippen LogP contribution in [0.3, 0.4) is 0 Å². The number of nitrogens with zero attached hydrogens (tertiary/aromatic N) is 1. The second kappa shape index (κ2) is 6.05. The number of alkyl halides is 1. The van der Waals surface area contributed by atoms with Crippen molar-refractivity contribution < 1.29 is 13.9 Å². The molecule has 3 nitrogen and oxygen atoms in total. The lowest BCUT2D eigenvalue weighted by molar-refractivity contribution is -0.144. The van der Waals surface area contributed by atoms with Crippen LogP contribution in [0.4, 0.5) is 4.39 Å². The fourth-order valence-electron chi connectivity index (χ4n) is 4.98. The number of carbonyl (C=O) groups excluding carboxylic acids is 1. The van der Waals surface area contributed by atoms with Gasteiger partial charge in [-0.25, -0.2) is 4.39 Å². The van der Waals surface area contributed by atoms with Crippen LogP contribution in [0.15, 0.2) is 48.5 Å². The zero-order valence-electron chi connectivity index (χ0n) is 15.0. The molecule has 2 aliphatic heterocycles. The average Bonchev–Trinajstić information content (AvgIpc) is 3.25. The average molecular weight is 386 g/mol. The van der Waals surface area contributed by atoms with Gasteiger partial charge in [-0.15, -0.1) is 0 Å². The summed E-state index contributed by atoms with van der Waals surface area (Å²) in [6.45, 7) is 1.77. The molecule has 2 aromatic carbocycles. The number of benzene rings is 2. The van der Waals surface area contributed by atoms with Crippen LogP contribution in [-0.2, 0) is 27.2 Å². The molecule has 0 N–H and O–H groups in total. The predicted molar refractivity (Wildman–Crippen MR) is 101 cm³/mol. The summed E-state index contributed by atoms with van der Waals surface area (Å²) in [5.41, 5.74) is 2.07. The van der Waals surface area contributed by atoms with Gasteiger partial charge < -0.3 is 9.64 Å². The predicted octanol–water partition coefficient (Wildman–Crippen LogP) is 4.37. The van der Waals surface area contributed by atoms with Gasteiger partial charge >= 0.3 is 0 Å². The minimum absolute atomic E-state index is 0.0172. The summed E-state index contributed by atoms with van der Waals surface area (Å²) in [7, 11) is 0. The lowest BCUT2D eigenvalue weighted by Crippen LogP contribution is -2.55. The molecule has 0 aromatic heterocycles. The third-order valence-electron chi connectivity index (χ3n) is 6.48. The number of rotatable bonds is 2. The van der Waals surface area contributed by atoms with Crippen LogP contribution in [-0.4, -0.2) is 30.1 Å². The maximum Gasteiger partial charge on any atom is 0.233 e. The van der Waals surface area contributed by atoms with Crippen LogP contribution in [0.5, 0.6) is 0 Å². The first-order valence-electron chi connectivity index (χ1n) is 9.44. The third kappa shape index (κ3) is 2.54. The highest BCUT2D eigenvalue weighted by Crippen LogP contribution is 2.50. The van der Waals surface area contributed by atoms with Crippen molar-refractivity contribution in [1.29, 1.82) is 0 Å². The Bertz CT molecular complexity index is 893. The highest BCUT2D eigenvalue weighted by Gasteiger charge is 2.56. The second-order valence-corrected chi connectivity index (χ2v) is 8.45. The highest BCUT2D eigenvalue weighted by atomic mass is 35.5. The number of halogens is 2. The number of amides is 1. The summed E-state index contributed by atoms with van der Waals surface area (Å²) < 4.78 is 20.1. The number of likely N-dealkylation sites (tertiary alicyclic amines) is 1. The van der Waals surface area contributed by atoms with E-state index in [0.717, 1.165) is 12.0 Å². The molecule has 1 amide bonds. The van der Waals surface area contributed by atoms with E-state index in [9.17, 15) is 9.18 Å². The van der Waals surface area contributed by atoms with Crippen LogP contribution in [0.1, 0.15) is 36.0 Å². The van der Waals surface area contributed by atoms with Crippen molar-refractivity contribution in [2.75, 3.05) is 13.1 Å². The summed E-state index contributed by atoms with van der Waals surface area (Å²) >= 11 is 6.00. The van der Waals surface area contributed by atoms with E-state index in [4.69, 9.17) is 16.3 Å². The Labute approximate surface area is 163 Å². The number of ether oxygens (including phenoxy) is 1. The van der Waals surface area contributed by atoms with Crippen molar-refractivity contribution in [2.24, 2.45) is 0 Å². The molecular formula is C22H21ClFNO2. The van der Waals surface area contributed by atoms with Gasteiger partial charge in [0.1, 0.15) is 11.8 Å². The van der Waals surface area contributed by atoms with Crippen molar-refractivity contribution in [3.05, 3.63) is 70.2 Å². The van der Waals surface area contributed by atoms with E-state index in [0.29, 0.717) is 24.7 Å². The monoisotopic (exact) mass is 385 g/mol. The van der Waals surface area contributed by atoms with Crippen LogP contribution >= 0.6 is 11.6 Å². The smallest absolute Gasteiger partial charge is 0.233 e. The number of fused-ring (bicyclic) bond motifs is 2. The molecule has 3 aliphatic rings. The zero-order chi connectivity index (χ0) is 18.6. The Morgan fingerprint density at radius 3 is 2.63 bits per heavy atom. The molecule has 1 spiro atoms. The van der Waals surface area contributed by atoms with Gasteiger partial charge in [0.05, 0.1) is 18.6 Å².